The fourth-order valence-electron chi connectivity index (χ4n) is 2.41. The maximum absolute atomic E-state index is 5.16. The molecule has 2 rings (SSSR count). The number of aromatic nitrogens is 4. The number of rotatable bonds is 8. The van der Waals surface area contributed by atoms with E-state index in [0.717, 1.165) is 36.7 Å². The Balaban J connectivity index is 1.92. The number of aromatic amines is 1. The van der Waals surface area contributed by atoms with Crippen LogP contribution < -0.4 is 5.32 Å². The summed E-state index contributed by atoms with van der Waals surface area (Å²) in [5.41, 5.74) is 3.47. The molecule has 1 atom stereocenters. The number of anilines is 1. The maximum atomic E-state index is 5.16. The molecule has 2 aromatic rings. The van der Waals surface area contributed by atoms with Gasteiger partial charge in [-0.1, -0.05) is 0 Å². The van der Waals surface area contributed by atoms with Crippen molar-refractivity contribution in [1.29, 1.82) is 0 Å². The van der Waals surface area contributed by atoms with Gasteiger partial charge < -0.3 is 14.6 Å². The smallest absolute Gasteiger partial charge is 0.203 e. The van der Waals surface area contributed by atoms with Crippen LogP contribution in [0, 0.1) is 13.8 Å². The Labute approximate surface area is 125 Å². The molecule has 0 amide bonds. The molecule has 0 aromatic carbocycles. The normalized spacial score (nSPS) is 12.6. The highest BCUT2D eigenvalue weighted by atomic mass is 16.5. The second-order valence-electron chi connectivity index (χ2n) is 5.52. The highest BCUT2D eigenvalue weighted by Gasteiger charge is 2.09. The first-order valence-electron chi connectivity index (χ1n) is 7.38. The molecule has 0 spiro atoms. The first-order chi connectivity index (χ1) is 10.1. The number of ether oxygens (including phenoxy) is 1. The predicted molar refractivity (Wildman–Crippen MR) is 83.6 cm³/mol. The van der Waals surface area contributed by atoms with E-state index >= 15 is 0 Å². The van der Waals surface area contributed by atoms with Crippen LogP contribution in [0.4, 0.5) is 5.95 Å². The molecule has 6 nitrogen and oxygen atoms in total. The van der Waals surface area contributed by atoms with Crippen molar-refractivity contribution < 1.29 is 4.74 Å². The number of nitrogens with zero attached hydrogens (tertiary/aromatic N) is 3. The summed E-state index contributed by atoms with van der Waals surface area (Å²) in [6.07, 6.45) is 6.08. The van der Waals surface area contributed by atoms with Crippen molar-refractivity contribution in [2.75, 3.05) is 19.0 Å². The van der Waals surface area contributed by atoms with Crippen molar-refractivity contribution in [3.8, 4) is 0 Å². The van der Waals surface area contributed by atoms with Crippen LogP contribution in [0.1, 0.15) is 30.3 Å². The molecule has 0 radical (unpaired) electrons. The number of nitrogens with one attached hydrogen (secondary N) is 2. The minimum absolute atomic E-state index is 0.242. The number of hydrogen-bond donors (Lipinski definition) is 2. The van der Waals surface area contributed by atoms with Gasteiger partial charge in [-0.3, -0.25) is 5.10 Å². The number of methoxy groups -OCH3 is 1. The summed E-state index contributed by atoms with van der Waals surface area (Å²) in [7, 11) is 1.71. The van der Waals surface area contributed by atoms with Crippen molar-refractivity contribution in [1.82, 2.24) is 19.7 Å². The summed E-state index contributed by atoms with van der Waals surface area (Å²) < 4.78 is 7.33. The van der Waals surface area contributed by atoms with E-state index in [4.69, 9.17) is 4.74 Å². The Hall–Kier alpha value is -1.82. The molecule has 21 heavy (non-hydrogen) atoms. The molecule has 0 bridgehead atoms. The molecule has 0 saturated carbocycles. The minimum Gasteiger partial charge on any atom is -0.383 e. The SMILES string of the molecule is COCC(C)Nc1nc(C)cn1CCCc1cn[nH]c1C. The Morgan fingerprint density at radius 2 is 2.24 bits per heavy atom. The minimum atomic E-state index is 0.242. The quantitative estimate of drug-likeness (QED) is 0.783. The molecule has 0 aliphatic heterocycles. The molecular formula is C15H25N5O. The van der Waals surface area contributed by atoms with Crippen LogP contribution in [0.25, 0.3) is 0 Å². The van der Waals surface area contributed by atoms with E-state index in [2.05, 4.69) is 45.1 Å². The lowest BCUT2D eigenvalue weighted by molar-refractivity contribution is 0.190. The molecule has 0 aliphatic carbocycles. The largest absolute Gasteiger partial charge is 0.383 e. The number of aryl methyl sites for hydroxylation is 4. The third kappa shape index (κ3) is 4.32. The van der Waals surface area contributed by atoms with Gasteiger partial charge in [-0.15, -0.1) is 0 Å². The Kier molecular flexibility index (Phi) is 5.38. The summed E-state index contributed by atoms with van der Waals surface area (Å²) in [5, 5.41) is 10.4. The summed E-state index contributed by atoms with van der Waals surface area (Å²) in [5.74, 6) is 0.918. The molecular weight excluding hydrogens is 266 g/mol. The van der Waals surface area contributed by atoms with Crippen molar-refractivity contribution in [3.63, 3.8) is 0 Å². The van der Waals surface area contributed by atoms with Crippen molar-refractivity contribution >= 4 is 5.95 Å². The molecule has 0 saturated heterocycles. The van der Waals surface area contributed by atoms with Crippen LogP contribution in [0.5, 0.6) is 0 Å². The van der Waals surface area contributed by atoms with Gasteiger partial charge in [0.2, 0.25) is 5.95 Å². The van der Waals surface area contributed by atoms with Crippen LogP contribution in [-0.4, -0.2) is 39.5 Å². The fourth-order valence-corrected chi connectivity index (χ4v) is 2.41. The number of hydrogen-bond acceptors (Lipinski definition) is 4. The number of H-pyrrole nitrogens is 1. The lowest BCUT2D eigenvalue weighted by atomic mass is 10.1. The Morgan fingerprint density at radius 3 is 2.90 bits per heavy atom. The van der Waals surface area contributed by atoms with Gasteiger partial charge in [0.05, 0.1) is 18.5 Å². The maximum Gasteiger partial charge on any atom is 0.203 e. The Bertz CT molecular complexity index is 560. The highest BCUT2D eigenvalue weighted by molar-refractivity contribution is 5.30. The summed E-state index contributed by atoms with van der Waals surface area (Å²) in [6.45, 7) is 7.77. The first kappa shape index (κ1) is 15.6. The van der Waals surface area contributed by atoms with Crippen molar-refractivity contribution in [2.45, 2.75) is 46.2 Å². The van der Waals surface area contributed by atoms with E-state index < -0.39 is 0 Å². The van der Waals surface area contributed by atoms with E-state index in [-0.39, 0.29) is 6.04 Å². The predicted octanol–water partition coefficient (Wildman–Crippen LogP) is 2.30. The zero-order valence-electron chi connectivity index (χ0n) is 13.3. The van der Waals surface area contributed by atoms with Crippen LogP contribution in [0.2, 0.25) is 0 Å². The van der Waals surface area contributed by atoms with Gasteiger partial charge in [0, 0.05) is 31.6 Å². The van der Waals surface area contributed by atoms with Crippen molar-refractivity contribution in [3.05, 3.63) is 29.3 Å². The average Bonchev–Trinajstić information content (AvgIpc) is 2.97. The molecule has 116 valence electrons. The molecule has 2 heterocycles. The van der Waals surface area contributed by atoms with Crippen molar-refractivity contribution in [2.24, 2.45) is 0 Å². The van der Waals surface area contributed by atoms with Crippen LogP contribution >= 0.6 is 0 Å². The summed E-state index contributed by atoms with van der Waals surface area (Å²) in [6, 6.07) is 0.242. The number of imidazole rings is 1. The highest BCUT2D eigenvalue weighted by Crippen LogP contribution is 2.13. The monoisotopic (exact) mass is 291 g/mol. The fraction of sp³-hybridized carbons (Fsp3) is 0.600. The average molecular weight is 291 g/mol. The molecule has 1 unspecified atom stereocenters. The second-order valence-corrected chi connectivity index (χ2v) is 5.52. The first-order valence-corrected chi connectivity index (χ1v) is 7.38. The molecule has 6 heteroatoms. The lowest BCUT2D eigenvalue weighted by Gasteiger charge is -2.15. The van der Waals surface area contributed by atoms with Gasteiger partial charge in [-0.2, -0.15) is 5.10 Å². The van der Waals surface area contributed by atoms with Gasteiger partial charge in [0.15, 0.2) is 0 Å². The van der Waals surface area contributed by atoms with Crippen LogP contribution in [0.15, 0.2) is 12.4 Å². The third-order valence-electron chi connectivity index (χ3n) is 3.47. The van der Waals surface area contributed by atoms with E-state index in [0.29, 0.717) is 6.61 Å². The van der Waals surface area contributed by atoms with E-state index in [1.807, 2.05) is 13.1 Å². The van der Waals surface area contributed by atoms with Crippen LogP contribution in [-0.2, 0) is 17.7 Å². The summed E-state index contributed by atoms with van der Waals surface area (Å²) in [4.78, 5) is 4.54. The van der Waals surface area contributed by atoms with E-state index in [9.17, 15) is 0 Å². The standard InChI is InChI=1S/C15H25N5O/c1-11-9-20(15(17-11)18-12(2)10-21-4)7-5-6-14-8-16-19-13(14)3/h8-9,12H,5-7,10H2,1-4H3,(H,16,19)(H,17,18). The van der Waals surface area contributed by atoms with Gasteiger partial charge in [-0.05, 0) is 39.2 Å². The molecule has 0 fully saturated rings. The van der Waals surface area contributed by atoms with Gasteiger partial charge in [0.25, 0.3) is 0 Å². The topological polar surface area (TPSA) is 67.8 Å². The zero-order valence-corrected chi connectivity index (χ0v) is 13.3. The van der Waals surface area contributed by atoms with Gasteiger partial charge in [0.1, 0.15) is 0 Å². The van der Waals surface area contributed by atoms with E-state index in [1.54, 1.807) is 7.11 Å². The summed E-state index contributed by atoms with van der Waals surface area (Å²) >= 11 is 0. The van der Waals surface area contributed by atoms with Crippen LogP contribution in [0.3, 0.4) is 0 Å². The Morgan fingerprint density at radius 1 is 1.43 bits per heavy atom. The van der Waals surface area contributed by atoms with E-state index in [1.165, 1.54) is 5.56 Å². The molecule has 0 aliphatic rings. The second kappa shape index (κ2) is 7.26. The third-order valence-corrected chi connectivity index (χ3v) is 3.47. The lowest BCUT2D eigenvalue weighted by Crippen LogP contribution is -2.23. The zero-order chi connectivity index (χ0) is 15.2. The molecule has 2 aromatic heterocycles. The van der Waals surface area contributed by atoms with Gasteiger partial charge >= 0.3 is 0 Å². The van der Waals surface area contributed by atoms with Gasteiger partial charge in [-0.25, -0.2) is 4.98 Å². The molecule has 2 N–H and O–H groups in total.